The summed E-state index contributed by atoms with van der Waals surface area (Å²) in [6, 6.07) is 4.62. The Kier molecular flexibility index (Phi) is 2.69. The highest BCUT2D eigenvalue weighted by atomic mass is 16.6. The molecule has 0 spiro atoms. The molecule has 0 saturated heterocycles. The predicted molar refractivity (Wildman–Crippen MR) is 48.7 cm³/mol. The molecule has 0 amide bonds. The van der Waals surface area contributed by atoms with Crippen LogP contribution in [0.5, 0.6) is 5.75 Å². The summed E-state index contributed by atoms with van der Waals surface area (Å²) >= 11 is 0. The summed E-state index contributed by atoms with van der Waals surface area (Å²) in [4.78, 5) is 10.0. The molecule has 2 N–H and O–H groups in total. The number of nitro benzene ring substituents is 1. The zero-order valence-corrected chi connectivity index (χ0v) is 7.19. The Morgan fingerprint density at radius 1 is 1.62 bits per heavy atom. The van der Waals surface area contributed by atoms with Crippen LogP contribution in [0.1, 0.15) is 6.92 Å². The SMILES string of the molecule is CCOc1cccc(N)c1[N+](=O)[O-]. The largest absolute Gasteiger partial charge is 0.487 e. The van der Waals surface area contributed by atoms with Crippen molar-refractivity contribution in [1.82, 2.24) is 0 Å². The standard InChI is InChI=1S/C8H10N2O3/c1-2-13-7-5-3-4-6(9)8(7)10(11)12/h3-5H,2,9H2,1H3. The number of para-hydroxylation sites is 1. The molecule has 0 saturated carbocycles. The molecule has 0 aliphatic carbocycles. The Hall–Kier alpha value is -1.78. The van der Waals surface area contributed by atoms with Crippen LogP contribution in [0.4, 0.5) is 11.4 Å². The van der Waals surface area contributed by atoms with Crippen molar-refractivity contribution >= 4 is 11.4 Å². The molecule has 5 heteroatoms. The first-order valence-electron chi connectivity index (χ1n) is 3.82. The third-order valence-corrected chi connectivity index (χ3v) is 1.51. The molecule has 0 unspecified atom stereocenters. The van der Waals surface area contributed by atoms with Crippen LogP contribution in [-0.2, 0) is 0 Å². The van der Waals surface area contributed by atoms with Crippen LogP contribution in [0.15, 0.2) is 18.2 Å². The van der Waals surface area contributed by atoms with Gasteiger partial charge < -0.3 is 10.5 Å². The van der Waals surface area contributed by atoms with E-state index in [0.29, 0.717) is 6.61 Å². The average Bonchev–Trinajstić information content (AvgIpc) is 2.04. The zero-order chi connectivity index (χ0) is 9.84. The summed E-state index contributed by atoms with van der Waals surface area (Å²) in [7, 11) is 0. The summed E-state index contributed by atoms with van der Waals surface area (Å²) in [5, 5.41) is 10.6. The van der Waals surface area contributed by atoms with Crippen LogP contribution < -0.4 is 10.5 Å². The molecule has 0 aliphatic rings. The number of hydrogen-bond acceptors (Lipinski definition) is 4. The predicted octanol–water partition coefficient (Wildman–Crippen LogP) is 1.58. The Morgan fingerprint density at radius 2 is 2.31 bits per heavy atom. The molecule has 0 atom stereocenters. The van der Waals surface area contributed by atoms with Gasteiger partial charge in [-0.1, -0.05) is 6.07 Å². The van der Waals surface area contributed by atoms with Crippen LogP contribution in [0.3, 0.4) is 0 Å². The fourth-order valence-corrected chi connectivity index (χ4v) is 1.01. The van der Waals surface area contributed by atoms with Crippen LogP contribution in [0.2, 0.25) is 0 Å². The number of hydrogen-bond donors (Lipinski definition) is 1. The number of nitrogens with zero attached hydrogens (tertiary/aromatic N) is 1. The van der Waals surface area contributed by atoms with E-state index in [4.69, 9.17) is 10.5 Å². The van der Waals surface area contributed by atoms with E-state index in [1.165, 1.54) is 12.1 Å². The van der Waals surface area contributed by atoms with Crippen molar-refractivity contribution in [2.24, 2.45) is 0 Å². The normalized spacial score (nSPS) is 9.62. The average molecular weight is 182 g/mol. The van der Waals surface area contributed by atoms with Gasteiger partial charge in [-0.15, -0.1) is 0 Å². The fraction of sp³-hybridized carbons (Fsp3) is 0.250. The Bertz CT molecular complexity index is 325. The van der Waals surface area contributed by atoms with Crippen LogP contribution >= 0.6 is 0 Å². The second-order valence-electron chi connectivity index (χ2n) is 2.38. The molecular weight excluding hydrogens is 172 g/mol. The topological polar surface area (TPSA) is 78.4 Å². The van der Waals surface area contributed by atoms with Gasteiger partial charge in [0.2, 0.25) is 0 Å². The lowest BCUT2D eigenvalue weighted by Gasteiger charge is -2.04. The third-order valence-electron chi connectivity index (χ3n) is 1.51. The maximum absolute atomic E-state index is 10.6. The molecule has 0 heterocycles. The van der Waals surface area contributed by atoms with Crippen molar-refractivity contribution in [2.75, 3.05) is 12.3 Å². The molecule has 0 radical (unpaired) electrons. The van der Waals surface area contributed by atoms with E-state index in [-0.39, 0.29) is 17.1 Å². The van der Waals surface area contributed by atoms with Gasteiger partial charge in [-0.3, -0.25) is 10.1 Å². The van der Waals surface area contributed by atoms with Crippen LogP contribution in [0, 0.1) is 10.1 Å². The third kappa shape index (κ3) is 1.87. The summed E-state index contributed by atoms with van der Waals surface area (Å²) in [6.45, 7) is 2.14. The van der Waals surface area contributed by atoms with Gasteiger partial charge >= 0.3 is 5.69 Å². The highest BCUT2D eigenvalue weighted by Gasteiger charge is 2.18. The highest BCUT2D eigenvalue weighted by Crippen LogP contribution is 2.32. The molecule has 0 bridgehead atoms. The van der Waals surface area contributed by atoms with Gasteiger partial charge in [0.15, 0.2) is 5.75 Å². The lowest BCUT2D eigenvalue weighted by atomic mass is 10.2. The molecule has 70 valence electrons. The second-order valence-corrected chi connectivity index (χ2v) is 2.38. The quantitative estimate of drug-likeness (QED) is 0.437. The summed E-state index contributed by atoms with van der Waals surface area (Å²) < 4.78 is 5.06. The summed E-state index contributed by atoms with van der Waals surface area (Å²) in [5.41, 5.74) is 5.39. The highest BCUT2D eigenvalue weighted by molar-refractivity contribution is 5.65. The van der Waals surface area contributed by atoms with Gasteiger partial charge in [-0.25, -0.2) is 0 Å². The Morgan fingerprint density at radius 3 is 2.85 bits per heavy atom. The lowest BCUT2D eigenvalue weighted by molar-refractivity contribution is -0.384. The van der Waals surface area contributed by atoms with E-state index >= 15 is 0 Å². The van der Waals surface area contributed by atoms with Crippen molar-refractivity contribution in [2.45, 2.75) is 6.92 Å². The first-order chi connectivity index (χ1) is 6.16. The van der Waals surface area contributed by atoms with E-state index < -0.39 is 4.92 Å². The minimum Gasteiger partial charge on any atom is -0.487 e. The molecular formula is C8H10N2O3. The molecule has 13 heavy (non-hydrogen) atoms. The maximum atomic E-state index is 10.6. The van der Waals surface area contributed by atoms with Crippen molar-refractivity contribution in [3.63, 3.8) is 0 Å². The number of nitrogens with two attached hydrogens (primary N) is 1. The van der Waals surface area contributed by atoms with E-state index in [2.05, 4.69) is 0 Å². The van der Waals surface area contributed by atoms with Gasteiger partial charge in [-0.2, -0.15) is 0 Å². The van der Waals surface area contributed by atoms with E-state index in [9.17, 15) is 10.1 Å². The number of nitro groups is 1. The smallest absolute Gasteiger partial charge is 0.333 e. The van der Waals surface area contributed by atoms with Crippen LogP contribution in [-0.4, -0.2) is 11.5 Å². The van der Waals surface area contributed by atoms with E-state index in [1.54, 1.807) is 13.0 Å². The first-order valence-corrected chi connectivity index (χ1v) is 3.82. The lowest BCUT2D eigenvalue weighted by Crippen LogP contribution is -2.00. The zero-order valence-electron chi connectivity index (χ0n) is 7.19. The molecule has 1 aromatic carbocycles. The van der Waals surface area contributed by atoms with E-state index in [0.717, 1.165) is 0 Å². The second kappa shape index (κ2) is 3.75. The minimum atomic E-state index is -0.541. The number of anilines is 1. The first kappa shape index (κ1) is 9.31. The van der Waals surface area contributed by atoms with Crippen molar-refractivity contribution in [3.8, 4) is 5.75 Å². The molecule has 1 rings (SSSR count). The molecule has 1 aromatic rings. The summed E-state index contributed by atoms with van der Waals surface area (Å²) in [6.07, 6.45) is 0. The van der Waals surface area contributed by atoms with Gasteiger partial charge in [0.25, 0.3) is 0 Å². The van der Waals surface area contributed by atoms with Crippen molar-refractivity contribution in [1.29, 1.82) is 0 Å². The van der Waals surface area contributed by atoms with Gasteiger partial charge in [0.1, 0.15) is 5.69 Å². The minimum absolute atomic E-state index is 0.121. The summed E-state index contributed by atoms with van der Waals surface area (Å²) in [5.74, 6) is 0.215. The number of ether oxygens (including phenoxy) is 1. The molecule has 0 aliphatic heterocycles. The Balaban J connectivity index is 3.17. The Labute approximate surface area is 75.3 Å². The van der Waals surface area contributed by atoms with Gasteiger partial charge in [0.05, 0.1) is 11.5 Å². The molecule has 0 aromatic heterocycles. The van der Waals surface area contributed by atoms with Gasteiger partial charge in [-0.05, 0) is 19.1 Å². The fourth-order valence-electron chi connectivity index (χ4n) is 1.01. The molecule has 0 fully saturated rings. The number of rotatable bonds is 3. The molecule has 5 nitrogen and oxygen atoms in total. The monoisotopic (exact) mass is 182 g/mol. The maximum Gasteiger partial charge on any atom is 0.333 e. The van der Waals surface area contributed by atoms with Crippen molar-refractivity contribution < 1.29 is 9.66 Å². The van der Waals surface area contributed by atoms with Crippen molar-refractivity contribution in [3.05, 3.63) is 28.3 Å². The number of benzene rings is 1. The van der Waals surface area contributed by atoms with Gasteiger partial charge in [0, 0.05) is 0 Å². The van der Waals surface area contributed by atoms with Crippen LogP contribution in [0.25, 0.3) is 0 Å². The number of nitrogen functional groups attached to an aromatic ring is 1. The van der Waals surface area contributed by atoms with E-state index in [1.807, 2.05) is 0 Å².